The maximum absolute atomic E-state index is 12.9. The summed E-state index contributed by atoms with van der Waals surface area (Å²) in [5, 5.41) is 75.0. The standard InChI is InChI=1S/C40H77NO10/c1-3-5-7-9-10-11-12-13-14-15-16-20-24-28-35(45)41-32(30-50-40-39(49)38(48)37(47)34(29-42)51-40)36(46)33(44)27-23-19-17-18-22-26-31(43)25-21-8-6-4-2/h11-12,31-34,36-40,42-44,46-49H,3-10,13-30H2,1-2H3,(H,41,45)/b12-11+/t31-,32-,33-,34+,36-,37+,38-,39+,40+/m0/s1. The van der Waals surface area contributed by atoms with E-state index in [1.54, 1.807) is 0 Å². The fourth-order valence-electron chi connectivity index (χ4n) is 6.56. The number of aliphatic hydroxyl groups is 7. The third-order valence-electron chi connectivity index (χ3n) is 10.0. The molecule has 0 spiro atoms. The summed E-state index contributed by atoms with van der Waals surface area (Å²) in [6, 6.07) is -1.02. The molecular weight excluding hydrogens is 654 g/mol. The Kier molecular flexibility index (Phi) is 29.3. The van der Waals surface area contributed by atoms with Gasteiger partial charge in [-0.3, -0.25) is 4.79 Å². The number of hydrogen-bond acceptors (Lipinski definition) is 10. The van der Waals surface area contributed by atoms with Crippen LogP contribution in [-0.4, -0.2) is 110 Å². The van der Waals surface area contributed by atoms with Crippen LogP contribution in [0.1, 0.15) is 168 Å². The lowest BCUT2D eigenvalue weighted by atomic mass is 9.98. The second kappa shape index (κ2) is 31.2. The lowest BCUT2D eigenvalue weighted by molar-refractivity contribution is -0.303. The van der Waals surface area contributed by atoms with Gasteiger partial charge in [-0.2, -0.15) is 0 Å². The molecule has 0 saturated carbocycles. The summed E-state index contributed by atoms with van der Waals surface area (Å²) in [4.78, 5) is 12.9. The number of rotatable bonds is 33. The van der Waals surface area contributed by atoms with Crippen LogP contribution in [0.5, 0.6) is 0 Å². The first-order valence-electron chi connectivity index (χ1n) is 20.6. The largest absolute Gasteiger partial charge is 0.394 e. The van der Waals surface area contributed by atoms with Crippen LogP contribution >= 0.6 is 0 Å². The van der Waals surface area contributed by atoms with E-state index < -0.39 is 55.6 Å². The van der Waals surface area contributed by atoms with Gasteiger partial charge >= 0.3 is 0 Å². The summed E-state index contributed by atoms with van der Waals surface area (Å²) >= 11 is 0. The summed E-state index contributed by atoms with van der Waals surface area (Å²) in [7, 11) is 0. The number of hydrogen-bond donors (Lipinski definition) is 8. The van der Waals surface area contributed by atoms with Crippen molar-refractivity contribution in [2.45, 2.75) is 223 Å². The van der Waals surface area contributed by atoms with Crippen LogP contribution in [0.15, 0.2) is 12.2 Å². The van der Waals surface area contributed by atoms with Crippen molar-refractivity contribution in [2.75, 3.05) is 13.2 Å². The van der Waals surface area contributed by atoms with Crippen LogP contribution in [-0.2, 0) is 14.3 Å². The van der Waals surface area contributed by atoms with Crippen LogP contribution in [0.3, 0.4) is 0 Å². The third-order valence-corrected chi connectivity index (χ3v) is 10.0. The van der Waals surface area contributed by atoms with Gasteiger partial charge in [-0.15, -0.1) is 0 Å². The Bertz CT molecular complexity index is 846. The molecule has 0 bridgehead atoms. The lowest BCUT2D eigenvalue weighted by Gasteiger charge is -2.40. The Hall–Kier alpha value is -1.15. The molecule has 9 atom stereocenters. The average Bonchev–Trinajstić information content (AvgIpc) is 3.12. The number of unbranched alkanes of at least 4 members (excludes halogenated alkanes) is 16. The smallest absolute Gasteiger partial charge is 0.220 e. The third kappa shape index (κ3) is 22.6. The van der Waals surface area contributed by atoms with Crippen LogP contribution < -0.4 is 5.32 Å². The Morgan fingerprint density at radius 3 is 1.78 bits per heavy atom. The van der Waals surface area contributed by atoms with Crippen molar-refractivity contribution in [1.29, 1.82) is 0 Å². The molecule has 0 aromatic rings. The molecular formula is C40H77NO10. The zero-order chi connectivity index (χ0) is 37.7. The highest BCUT2D eigenvalue weighted by Crippen LogP contribution is 2.23. The monoisotopic (exact) mass is 732 g/mol. The van der Waals surface area contributed by atoms with E-state index in [9.17, 15) is 40.5 Å². The fraction of sp³-hybridized carbons (Fsp3) is 0.925. The van der Waals surface area contributed by atoms with Gasteiger partial charge in [0.15, 0.2) is 6.29 Å². The molecule has 1 saturated heterocycles. The minimum Gasteiger partial charge on any atom is -0.394 e. The predicted octanol–water partition coefficient (Wildman–Crippen LogP) is 5.33. The maximum atomic E-state index is 12.9. The maximum Gasteiger partial charge on any atom is 0.220 e. The van der Waals surface area contributed by atoms with Gasteiger partial charge in [0.1, 0.15) is 30.5 Å². The topological polar surface area (TPSA) is 189 Å². The molecule has 1 heterocycles. The van der Waals surface area contributed by atoms with Gasteiger partial charge in [-0.25, -0.2) is 0 Å². The molecule has 0 unspecified atom stereocenters. The van der Waals surface area contributed by atoms with E-state index in [1.807, 2.05) is 0 Å². The molecule has 11 nitrogen and oxygen atoms in total. The Morgan fingerprint density at radius 1 is 0.686 bits per heavy atom. The van der Waals surface area contributed by atoms with Gasteiger partial charge in [-0.1, -0.05) is 122 Å². The fourth-order valence-corrected chi connectivity index (χ4v) is 6.56. The summed E-state index contributed by atoms with van der Waals surface area (Å²) in [6.07, 6.45) is 18.0. The molecule has 0 radical (unpaired) electrons. The highest BCUT2D eigenvalue weighted by atomic mass is 16.7. The SMILES string of the molecule is CCCCCC/C=C/CCCCCCCC(=O)N[C@@H](CO[C@@H]1O[C@H](CO)[C@@H](O)[C@H](O)[C@H]1O)[C@H](O)[C@@H](O)CCCCCCC[C@@H](O)CCCCCC. The Labute approximate surface area is 309 Å². The number of carbonyl (C=O) groups is 1. The summed E-state index contributed by atoms with van der Waals surface area (Å²) < 4.78 is 11.1. The van der Waals surface area contributed by atoms with Gasteiger partial charge in [0, 0.05) is 6.42 Å². The number of carbonyl (C=O) groups excluding carboxylic acids is 1. The molecule has 1 aliphatic heterocycles. The quantitative estimate of drug-likeness (QED) is 0.0324. The number of ether oxygens (including phenoxy) is 2. The van der Waals surface area contributed by atoms with E-state index in [4.69, 9.17) is 9.47 Å². The van der Waals surface area contributed by atoms with Crippen molar-refractivity contribution in [3.63, 3.8) is 0 Å². The molecule has 0 aromatic heterocycles. The van der Waals surface area contributed by atoms with Crippen LogP contribution in [0, 0.1) is 0 Å². The first-order valence-corrected chi connectivity index (χ1v) is 20.6. The Balaban J connectivity index is 2.50. The molecule has 1 aliphatic rings. The second-order valence-corrected chi connectivity index (χ2v) is 14.7. The van der Waals surface area contributed by atoms with E-state index in [1.165, 1.54) is 44.9 Å². The number of amides is 1. The molecule has 302 valence electrons. The number of aliphatic hydroxyl groups excluding tert-OH is 7. The summed E-state index contributed by atoms with van der Waals surface area (Å²) in [5.74, 6) is -0.290. The van der Waals surface area contributed by atoms with Gasteiger partial charge in [0.05, 0.1) is 31.5 Å². The molecule has 1 fully saturated rings. The highest BCUT2D eigenvalue weighted by molar-refractivity contribution is 5.76. The van der Waals surface area contributed by atoms with E-state index in [0.29, 0.717) is 19.3 Å². The molecule has 8 N–H and O–H groups in total. The molecule has 0 aliphatic carbocycles. The van der Waals surface area contributed by atoms with Gasteiger partial charge in [0.25, 0.3) is 0 Å². The first-order chi connectivity index (χ1) is 24.7. The van der Waals surface area contributed by atoms with Crippen LogP contribution in [0.4, 0.5) is 0 Å². The minimum absolute atomic E-state index is 0.238. The van der Waals surface area contributed by atoms with Crippen molar-refractivity contribution >= 4 is 5.91 Å². The van der Waals surface area contributed by atoms with Crippen molar-refractivity contribution in [1.82, 2.24) is 5.32 Å². The zero-order valence-corrected chi connectivity index (χ0v) is 32.1. The van der Waals surface area contributed by atoms with Crippen molar-refractivity contribution < 1.29 is 50.0 Å². The zero-order valence-electron chi connectivity index (χ0n) is 32.1. The van der Waals surface area contributed by atoms with Gasteiger partial charge in [0.2, 0.25) is 5.91 Å². The van der Waals surface area contributed by atoms with E-state index in [-0.39, 0.29) is 25.0 Å². The summed E-state index contributed by atoms with van der Waals surface area (Å²) in [6.45, 7) is 3.45. The number of nitrogens with one attached hydrogen (secondary N) is 1. The molecule has 1 rings (SSSR count). The highest BCUT2D eigenvalue weighted by Gasteiger charge is 2.44. The molecule has 11 heteroatoms. The molecule has 0 aromatic carbocycles. The first kappa shape index (κ1) is 47.9. The average molecular weight is 732 g/mol. The summed E-state index contributed by atoms with van der Waals surface area (Å²) in [5.41, 5.74) is 0. The predicted molar refractivity (Wildman–Crippen MR) is 201 cm³/mol. The molecule has 1 amide bonds. The number of allylic oxidation sites excluding steroid dienone is 2. The van der Waals surface area contributed by atoms with Gasteiger partial charge in [-0.05, 0) is 51.4 Å². The second-order valence-electron chi connectivity index (χ2n) is 14.7. The minimum atomic E-state index is -1.62. The van der Waals surface area contributed by atoms with Crippen LogP contribution in [0.2, 0.25) is 0 Å². The lowest BCUT2D eigenvalue weighted by Crippen LogP contribution is -2.60. The van der Waals surface area contributed by atoms with E-state index in [0.717, 1.165) is 83.5 Å². The van der Waals surface area contributed by atoms with Crippen molar-refractivity contribution in [3.05, 3.63) is 12.2 Å². The van der Waals surface area contributed by atoms with E-state index in [2.05, 4.69) is 31.3 Å². The normalized spacial score (nSPS) is 23.4. The van der Waals surface area contributed by atoms with E-state index >= 15 is 0 Å². The van der Waals surface area contributed by atoms with Crippen molar-refractivity contribution in [2.24, 2.45) is 0 Å². The Morgan fingerprint density at radius 2 is 1.20 bits per heavy atom. The van der Waals surface area contributed by atoms with Crippen molar-refractivity contribution in [3.8, 4) is 0 Å². The molecule has 51 heavy (non-hydrogen) atoms. The van der Waals surface area contributed by atoms with Gasteiger partial charge < -0.3 is 50.5 Å². The van der Waals surface area contributed by atoms with Crippen LogP contribution in [0.25, 0.3) is 0 Å².